The van der Waals surface area contributed by atoms with Gasteiger partial charge in [-0.25, -0.2) is 0 Å². The number of nitrogens with one attached hydrogen (secondary N) is 1. The van der Waals surface area contributed by atoms with Crippen LogP contribution < -0.4 is 5.32 Å². The van der Waals surface area contributed by atoms with Gasteiger partial charge in [0.15, 0.2) is 0 Å². The Morgan fingerprint density at radius 1 is 0.737 bits per heavy atom. The van der Waals surface area contributed by atoms with Crippen molar-refractivity contribution in [3.63, 3.8) is 0 Å². The first-order valence-corrected chi connectivity index (χ1v) is 6.85. The van der Waals surface area contributed by atoms with Crippen molar-refractivity contribution >= 4 is 0 Å². The van der Waals surface area contributed by atoms with Gasteiger partial charge in [0.2, 0.25) is 0 Å². The summed E-state index contributed by atoms with van der Waals surface area (Å²) in [6.07, 6.45) is 2.07. The van der Waals surface area contributed by atoms with Crippen LogP contribution in [0.3, 0.4) is 0 Å². The molecule has 96 valence electrons. The van der Waals surface area contributed by atoms with Gasteiger partial charge in [-0.1, -0.05) is 72.8 Å². The second-order valence-corrected chi connectivity index (χ2v) is 5.25. The lowest BCUT2D eigenvalue weighted by atomic mass is 9.87. The van der Waals surface area contributed by atoms with Crippen molar-refractivity contribution in [1.82, 2.24) is 5.32 Å². The summed E-state index contributed by atoms with van der Waals surface area (Å²) < 4.78 is 0. The highest BCUT2D eigenvalue weighted by molar-refractivity contribution is 5.27. The molecule has 1 nitrogen and oxygen atoms in total. The summed E-state index contributed by atoms with van der Waals surface area (Å²) in [6.45, 7) is 4.23. The van der Waals surface area contributed by atoms with E-state index in [9.17, 15) is 0 Å². The number of hydrogen-bond acceptors (Lipinski definition) is 1. The monoisotopic (exact) mass is 249 g/mol. The van der Waals surface area contributed by atoms with E-state index in [-0.39, 0.29) is 0 Å². The summed E-state index contributed by atoms with van der Waals surface area (Å²) in [5.41, 5.74) is 4.04. The van der Waals surface area contributed by atoms with Crippen molar-refractivity contribution < 1.29 is 0 Å². The third-order valence-electron chi connectivity index (χ3n) is 3.79. The minimum atomic E-state index is 0.382. The second-order valence-electron chi connectivity index (χ2n) is 5.25. The zero-order valence-corrected chi connectivity index (χ0v) is 11.0. The molecule has 0 bridgehead atoms. The average Bonchev–Trinajstić information content (AvgIpc) is 2.48. The smallest absolute Gasteiger partial charge is 0.0362 e. The highest BCUT2D eigenvalue weighted by Crippen LogP contribution is 2.34. The minimum absolute atomic E-state index is 0.382. The molecule has 0 spiro atoms. The second kappa shape index (κ2) is 5.41. The lowest BCUT2D eigenvalue weighted by molar-refractivity contribution is 0.389. The molecule has 1 heteroatoms. The van der Waals surface area contributed by atoms with Crippen LogP contribution in [0.15, 0.2) is 72.8 Å². The Kier molecular flexibility index (Phi) is 3.47. The molecule has 1 fully saturated rings. The maximum Gasteiger partial charge on any atom is 0.0362 e. The number of piperidine rings is 1. The molecule has 1 N–H and O–H groups in total. The molecule has 0 unspecified atom stereocenters. The van der Waals surface area contributed by atoms with E-state index in [2.05, 4.69) is 72.6 Å². The van der Waals surface area contributed by atoms with Crippen LogP contribution in [0.2, 0.25) is 0 Å². The molecule has 2 aromatic carbocycles. The molecule has 1 aliphatic rings. The highest BCUT2D eigenvalue weighted by atomic mass is 15.0. The molecule has 0 aromatic heterocycles. The molecule has 1 saturated heterocycles. The van der Waals surface area contributed by atoms with Gasteiger partial charge in [0.1, 0.15) is 0 Å². The SMILES string of the molecule is C=C1C[C@@H](c2ccccc2)N[C@@H](c2ccccc2)C1. The van der Waals surface area contributed by atoms with Crippen LogP contribution in [-0.2, 0) is 0 Å². The van der Waals surface area contributed by atoms with E-state index in [1.54, 1.807) is 0 Å². The van der Waals surface area contributed by atoms with Gasteiger partial charge in [0.25, 0.3) is 0 Å². The third-order valence-corrected chi connectivity index (χ3v) is 3.79. The maximum atomic E-state index is 4.23. The van der Waals surface area contributed by atoms with Crippen molar-refractivity contribution in [2.75, 3.05) is 0 Å². The first-order chi connectivity index (χ1) is 9.33. The lowest BCUT2D eigenvalue weighted by Gasteiger charge is -2.33. The van der Waals surface area contributed by atoms with E-state index in [0.717, 1.165) is 12.8 Å². The molecule has 0 radical (unpaired) electrons. The Hall–Kier alpha value is -1.86. The molecule has 19 heavy (non-hydrogen) atoms. The van der Waals surface area contributed by atoms with Crippen LogP contribution in [0.4, 0.5) is 0 Å². The fraction of sp³-hybridized carbons (Fsp3) is 0.222. The molecule has 2 atom stereocenters. The zero-order chi connectivity index (χ0) is 13.1. The molecule has 0 amide bonds. The van der Waals surface area contributed by atoms with Gasteiger partial charge in [-0.15, -0.1) is 0 Å². The predicted molar refractivity (Wildman–Crippen MR) is 79.9 cm³/mol. The molecule has 0 aliphatic carbocycles. The Bertz CT molecular complexity index is 495. The minimum Gasteiger partial charge on any atom is -0.302 e. The van der Waals surface area contributed by atoms with Gasteiger partial charge in [-0.05, 0) is 24.0 Å². The van der Waals surface area contributed by atoms with E-state index in [4.69, 9.17) is 0 Å². The van der Waals surface area contributed by atoms with E-state index in [1.807, 2.05) is 0 Å². The fourth-order valence-corrected chi connectivity index (χ4v) is 2.82. The Morgan fingerprint density at radius 3 is 1.58 bits per heavy atom. The van der Waals surface area contributed by atoms with Gasteiger partial charge < -0.3 is 5.32 Å². The van der Waals surface area contributed by atoms with Crippen LogP contribution in [0, 0.1) is 0 Å². The van der Waals surface area contributed by atoms with Crippen LogP contribution >= 0.6 is 0 Å². The van der Waals surface area contributed by atoms with Crippen LogP contribution in [0.5, 0.6) is 0 Å². The fourth-order valence-electron chi connectivity index (χ4n) is 2.82. The topological polar surface area (TPSA) is 12.0 Å². The molecule has 1 aliphatic heterocycles. The standard InChI is InChI=1S/C18H19N/c1-14-12-17(15-8-4-2-5-9-15)19-18(13-14)16-10-6-3-7-11-16/h2-11,17-19H,1,12-13H2/t17-,18+. The molecule has 0 saturated carbocycles. The molecule has 3 rings (SSSR count). The summed E-state index contributed by atoms with van der Waals surface area (Å²) in [5, 5.41) is 3.76. The van der Waals surface area contributed by atoms with E-state index in [1.165, 1.54) is 16.7 Å². The molecular formula is C18H19N. The number of hydrogen-bond donors (Lipinski definition) is 1. The van der Waals surface area contributed by atoms with Crippen LogP contribution in [-0.4, -0.2) is 0 Å². The quantitative estimate of drug-likeness (QED) is 0.777. The normalized spacial score (nSPS) is 23.3. The maximum absolute atomic E-state index is 4.23. The highest BCUT2D eigenvalue weighted by Gasteiger charge is 2.24. The first-order valence-electron chi connectivity index (χ1n) is 6.85. The lowest BCUT2D eigenvalue weighted by Crippen LogP contribution is -2.31. The summed E-state index contributed by atoms with van der Waals surface area (Å²) in [5.74, 6) is 0. The van der Waals surface area contributed by atoms with Crippen LogP contribution in [0.1, 0.15) is 36.1 Å². The van der Waals surface area contributed by atoms with Gasteiger partial charge in [-0.3, -0.25) is 0 Å². The molecule has 2 aromatic rings. The van der Waals surface area contributed by atoms with Crippen molar-refractivity contribution in [3.05, 3.63) is 83.9 Å². The van der Waals surface area contributed by atoms with Crippen molar-refractivity contribution in [3.8, 4) is 0 Å². The Balaban J connectivity index is 1.84. The summed E-state index contributed by atoms with van der Waals surface area (Å²) in [7, 11) is 0. The van der Waals surface area contributed by atoms with Crippen molar-refractivity contribution in [2.45, 2.75) is 24.9 Å². The van der Waals surface area contributed by atoms with Gasteiger partial charge in [0.05, 0.1) is 0 Å². The van der Waals surface area contributed by atoms with Gasteiger partial charge in [-0.2, -0.15) is 0 Å². The summed E-state index contributed by atoms with van der Waals surface area (Å²) >= 11 is 0. The third kappa shape index (κ3) is 2.77. The molecule has 1 heterocycles. The van der Waals surface area contributed by atoms with E-state index >= 15 is 0 Å². The first kappa shape index (κ1) is 12.2. The largest absolute Gasteiger partial charge is 0.302 e. The predicted octanol–water partition coefficient (Wildman–Crippen LogP) is 4.41. The average molecular weight is 249 g/mol. The summed E-state index contributed by atoms with van der Waals surface area (Å²) in [6, 6.07) is 22.1. The Labute approximate surface area is 115 Å². The van der Waals surface area contributed by atoms with Crippen molar-refractivity contribution in [1.29, 1.82) is 0 Å². The van der Waals surface area contributed by atoms with Gasteiger partial charge in [0, 0.05) is 12.1 Å². The van der Waals surface area contributed by atoms with E-state index in [0.29, 0.717) is 12.1 Å². The zero-order valence-electron chi connectivity index (χ0n) is 11.0. The number of benzene rings is 2. The molecular weight excluding hydrogens is 230 g/mol. The van der Waals surface area contributed by atoms with Crippen molar-refractivity contribution in [2.24, 2.45) is 0 Å². The number of rotatable bonds is 2. The van der Waals surface area contributed by atoms with E-state index < -0.39 is 0 Å². The Morgan fingerprint density at radius 2 is 1.16 bits per heavy atom. The van der Waals surface area contributed by atoms with Crippen LogP contribution in [0.25, 0.3) is 0 Å². The van der Waals surface area contributed by atoms with Gasteiger partial charge >= 0.3 is 0 Å². The summed E-state index contributed by atoms with van der Waals surface area (Å²) in [4.78, 5) is 0.